The predicted molar refractivity (Wildman–Crippen MR) is 110 cm³/mol. The summed E-state index contributed by atoms with van der Waals surface area (Å²) in [4.78, 5) is 2.35. The van der Waals surface area contributed by atoms with Crippen molar-refractivity contribution in [1.29, 1.82) is 0 Å². The Balaban J connectivity index is 1.51. The Morgan fingerprint density at radius 1 is 1.07 bits per heavy atom. The van der Waals surface area contributed by atoms with Gasteiger partial charge in [-0.1, -0.05) is 34.5 Å². The summed E-state index contributed by atoms with van der Waals surface area (Å²) in [5, 5.41) is 0. The second kappa shape index (κ2) is 8.32. The fourth-order valence-corrected chi connectivity index (χ4v) is 4.35. The zero-order valence-electron chi connectivity index (χ0n) is 15.7. The van der Waals surface area contributed by atoms with Gasteiger partial charge in [0.1, 0.15) is 18.2 Å². The molecule has 1 aliphatic rings. The van der Waals surface area contributed by atoms with Crippen LogP contribution in [0.4, 0.5) is 10.1 Å². The van der Waals surface area contributed by atoms with E-state index in [2.05, 4.69) is 9.62 Å². The molecule has 0 saturated carbocycles. The van der Waals surface area contributed by atoms with Gasteiger partial charge in [0, 0.05) is 31.3 Å². The van der Waals surface area contributed by atoms with Crippen molar-refractivity contribution >= 4 is 16.1 Å². The minimum atomic E-state index is -3.70. The first kappa shape index (κ1) is 19.6. The smallest absolute Gasteiger partial charge is 0.184 e. The van der Waals surface area contributed by atoms with Gasteiger partial charge >= 0.3 is 0 Å². The number of anilines is 1. The molecule has 0 spiro atoms. The van der Waals surface area contributed by atoms with Crippen molar-refractivity contribution in [3.8, 4) is 5.75 Å². The maximum Gasteiger partial charge on any atom is 0.184 e. The molecule has 3 aromatic rings. The van der Waals surface area contributed by atoms with Crippen molar-refractivity contribution in [3.63, 3.8) is 0 Å². The third kappa shape index (κ3) is 4.82. The molecule has 3 aromatic carbocycles. The normalized spacial score (nSPS) is 16.2. The fourth-order valence-electron chi connectivity index (χ4n) is 3.27. The Hall–Kier alpha value is -2.74. The van der Waals surface area contributed by atoms with Crippen LogP contribution in [0.3, 0.4) is 0 Å². The lowest BCUT2D eigenvalue weighted by Gasteiger charge is -2.20. The number of sulfonamides is 1. The van der Waals surface area contributed by atoms with Gasteiger partial charge in [0.05, 0.1) is 5.69 Å². The van der Waals surface area contributed by atoms with Gasteiger partial charge in [0.15, 0.2) is 15.3 Å². The van der Waals surface area contributed by atoms with Crippen LogP contribution in [0.25, 0.3) is 0 Å². The molecule has 7 heteroatoms. The van der Waals surface area contributed by atoms with Crippen LogP contribution in [-0.2, 0) is 27.7 Å². The Kier molecular flexibility index (Phi) is 5.62. The molecule has 0 radical (unpaired) electrons. The molecule has 1 heterocycles. The molecule has 1 unspecified atom stereocenters. The highest BCUT2D eigenvalue weighted by atomic mass is 32.3. The van der Waals surface area contributed by atoms with Gasteiger partial charge in [0.25, 0.3) is 0 Å². The molecule has 1 N–H and O–H groups in total. The minimum Gasteiger partial charge on any atom is -0.588 e. The summed E-state index contributed by atoms with van der Waals surface area (Å²) in [6.45, 7) is 2.43. The summed E-state index contributed by atoms with van der Waals surface area (Å²) in [7, 11) is -3.70. The van der Waals surface area contributed by atoms with Gasteiger partial charge < -0.3 is 9.29 Å². The van der Waals surface area contributed by atoms with Crippen LogP contribution in [0.5, 0.6) is 5.75 Å². The van der Waals surface area contributed by atoms with E-state index in [0.29, 0.717) is 37.7 Å². The molecular formula is C22H21FN2O3S. The zero-order chi connectivity index (χ0) is 20.3. The van der Waals surface area contributed by atoms with E-state index in [-0.39, 0.29) is 10.7 Å². The van der Waals surface area contributed by atoms with Gasteiger partial charge in [-0.15, -0.1) is 0 Å². The Labute approximate surface area is 170 Å². The minimum absolute atomic E-state index is 0.159. The SMILES string of the molecule is O=[S+]([O-])(Nc1ccccc1)c1ccc2c(c1)OCCN(Cc1ccc(F)cc1)C2. The van der Waals surface area contributed by atoms with Crippen molar-refractivity contribution in [2.75, 3.05) is 17.9 Å². The van der Waals surface area contributed by atoms with E-state index in [1.54, 1.807) is 54.6 Å². The van der Waals surface area contributed by atoms with E-state index < -0.39 is 10.4 Å². The Morgan fingerprint density at radius 3 is 2.59 bits per heavy atom. The van der Waals surface area contributed by atoms with Crippen molar-refractivity contribution in [2.45, 2.75) is 18.0 Å². The van der Waals surface area contributed by atoms with E-state index in [1.807, 2.05) is 6.07 Å². The van der Waals surface area contributed by atoms with Crippen LogP contribution in [0, 0.1) is 5.82 Å². The van der Waals surface area contributed by atoms with Gasteiger partial charge in [-0.25, -0.2) is 9.11 Å². The Morgan fingerprint density at radius 2 is 1.83 bits per heavy atom. The van der Waals surface area contributed by atoms with E-state index in [4.69, 9.17) is 4.74 Å². The number of rotatable bonds is 5. The number of nitrogens with zero attached hydrogens (tertiary/aromatic N) is 1. The second-order valence-electron chi connectivity index (χ2n) is 6.93. The number of ether oxygens (including phenoxy) is 1. The topological polar surface area (TPSA) is 64.6 Å². The van der Waals surface area contributed by atoms with Crippen molar-refractivity contribution in [2.24, 2.45) is 0 Å². The molecular weight excluding hydrogens is 391 g/mol. The predicted octanol–water partition coefficient (Wildman–Crippen LogP) is 4.24. The molecule has 5 nitrogen and oxygen atoms in total. The average Bonchev–Trinajstić information content (AvgIpc) is 2.91. The fraction of sp³-hybridized carbons (Fsp3) is 0.182. The molecule has 4 rings (SSSR count). The molecule has 0 aromatic heterocycles. The first-order chi connectivity index (χ1) is 14.0. The summed E-state index contributed by atoms with van der Waals surface area (Å²) in [5.41, 5.74) is 2.44. The lowest BCUT2D eigenvalue weighted by Crippen LogP contribution is -2.25. The number of nitrogens with one attached hydrogen (secondary N) is 1. The molecule has 1 aliphatic heterocycles. The molecule has 150 valence electrons. The van der Waals surface area contributed by atoms with Gasteiger partial charge in [-0.2, -0.15) is 0 Å². The first-order valence-electron chi connectivity index (χ1n) is 9.30. The molecule has 0 bridgehead atoms. The molecule has 0 aliphatic carbocycles. The zero-order valence-corrected chi connectivity index (χ0v) is 16.5. The van der Waals surface area contributed by atoms with Crippen LogP contribution < -0.4 is 9.46 Å². The van der Waals surface area contributed by atoms with Gasteiger partial charge in [-0.05, 0) is 42.0 Å². The standard InChI is InChI=1S/C22H21FN2O3S/c23-19-9-6-17(7-10-19)15-25-12-13-28-22-14-21(11-8-18(22)16-25)29(26,27)24-20-4-2-1-3-5-20/h1-11,14H,12-13,15-16H2,(H-,24,26,27). The van der Waals surface area contributed by atoms with Crippen molar-refractivity contribution in [1.82, 2.24) is 4.90 Å². The van der Waals surface area contributed by atoms with E-state index in [0.717, 1.165) is 11.1 Å². The average molecular weight is 412 g/mol. The summed E-state index contributed by atoms with van der Waals surface area (Å²) < 4.78 is 46.9. The molecule has 0 saturated heterocycles. The maximum atomic E-state index is 13.1. The number of hydrogen-bond donors (Lipinski definition) is 1. The van der Waals surface area contributed by atoms with E-state index in [9.17, 15) is 13.2 Å². The summed E-state index contributed by atoms with van der Waals surface area (Å²) in [6, 6.07) is 20.2. The van der Waals surface area contributed by atoms with Crippen LogP contribution in [0.1, 0.15) is 11.1 Å². The Bertz CT molecular complexity index is 1030. The first-order valence-corrected chi connectivity index (χ1v) is 10.8. The number of benzene rings is 3. The number of fused-ring (bicyclic) bond motifs is 1. The highest BCUT2D eigenvalue weighted by Crippen LogP contribution is 2.29. The van der Waals surface area contributed by atoms with Crippen LogP contribution >= 0.6 is 0 Å². The monoisotopic (exact) mass is 412 g/mol. The number of hydrogen-bond acceptors (Lipinski definition) is 4. The number of para-hydroxylation sites is 1. The largest absolute Gasteiger partial charge is 0.588 e. The third-order valence-electron chi connectivity index (χ3n) is 4.75. The summed E-state index contributed by atoms with van der Waals surface area (Å²) >= 11 is 0. The summed E-state index contributed by atoms with van der Waals surface area (Å²) in [6.07, 6.45) is 0. The molecule has 29 heavy (non-hydrogen) atoms. The van der Waals surface area contributed by atoms with Gasteiger partial charge in [0.2, 0.25) is 0 Å². The van der Waals surface area contributed by atoms with Crippen LogP contribution in [-0.4, -0.2) is 22.6 Å². The van der Waals surface area contributed by atoms with Crippen LogP contribution in [0.15, 0.2) is 77.7 Å². The number of halogens is 1. The van der Waals surface area contributed by atoms with E-state index in [1.165, 1.54) is 12.1 Å². The highest BCUT2D eigenvalue weighted by molar-refractivity contribution is 7.98. The van der Waals surface area contributed by atoms with Crippen molar-refractivity contribution < 1.29 is 17.9 Å². The molecule has 0 amide bonds. The lowest BCUT2D eigenvalue weighted by atomic mass is 10.1. The summed E-state index contributed by atoms with van der Waals surface area (Å²) in [5.74, 6) is 0.318. The maximum absolute atomic E-state index is 13.1. The van der Waals surface area contributed by atoms with Crippen molar-refractivity contribution in [3.05, 3.63) is 89.7 Å². The third-order valence-corrected chi connectivity index (χ3v) is 6.13. The lowest BCUT2D eigenvalue weighted by molar-refractivity contribution is 0.219. The molecule has 0 fully saturated rings. The molecule has 1 atom stereocenters. The highest BCUT2D eigenvalue weighted by Gasteiger charge is 2.24. The van der Waals surface area contributed by atoms with Gasteiger partial charge in [-0.3, -0.25) is 4.90 Å². The second-order valence-corrected chi connectivity index (χ2v) is 8.61. The van der Waals surface area contributed by atoms with Crippen LogP contribution in [0.2, 0.25) is 0 Å². The quantitative estimate of drug-likeness (QED) is 0.637. The van der Waals surface area contributed by atoms with E-state index >= 15 is 0 Å².